The van der Waals surface area contributed by atoms with E-state index in [-0.39, 0.29) is 29.5 Å². The molecule has 1 aromatic carbocycles. The van der Waals surface area contributed by atoms with Crippen molar-refractivity contribution >= 4 is 29.2 Å². The number of amidine groups is 1. The summed E-state index contributed by atoms with van der Waals surface area (Å²) in [5, 5.41) is 14.1. The summed E-state index contributed by atoms with van der Waals surface area (Å²) in [5.41, 5.74) is 0.204. The molecule has 0 atom stereocenters. The summed E-state index contributed by atoms with van der Waals surface area (Å²) >= 11 is 0. The van der Waals surface area contributed by atoms with E-state index in [9.17, 15) is 18.4 Å². The fraction of sp³-hybridized carbons (Fsp3) is 0.500. The van der Waals surface area contributed by atoms with Crippen molar-refractivity contribution < 1.29 is 23.1 Å². The Morgan fingerprint density at radius 3 is 2.62 bits per heavy atom. The Kier molecular flexibility index (Phi) is 6.43. The number of urea groups is 1. The Bertz CT molecular complexity index is 955. The fourth-order valence-electron chi connectivity index (χ4n) is 3.65. The first-order valence-electron chi connectivity index (χ1n) is 10.5. The van der Waals surface area contributed by atoms with Gasteiger partial charge in [0.1, 0.15) is 11.4 Å². The predicted octanol–water partition coefficient (Wildman–Crippen LogP) is 3.74. The van der Waals surface area contributed by atoms with Crippen LogP contribution in [0.3, 0.4) is 0 Å². The first-order valence-corrected chi connectivity index (χ1v) is 10.5. The van der Waals surface area contributed by atoms with Gasteiger partial charge in [0, 0.05) is 43.5 Å². The summed E-state index contributed by atoms with van der Waals surface area (Å²) in [7, 11) is 1.63. The Labute approximate surface area is 186 Å². The van der Waals surface area contributed by atoms with Crippen molar-refractivity contribution in [1.82, 2.24) is 15.1 Å². The molecule has 3 N–H and O–H groups in total. The monoisotopic (exact) mass is 449 g/mol. The van der Waals surface area contributed by atoms with E-state index in [1.54, 1.807) is 33.9 Å². The van der Waals surface area contributed by atoms with E-state index in [1.165, 1.54) is 23.1 Å². The molecule has 0 bridgehead atoms. The summed E-state index contributed by atoms with van der Waals surface area (Å²) in [5.74, 6) is -3.28. The quantitative estimate of drug-likeness (QED) is 0.484. The molecule has 0 radical (unpaired) electrons. The summed E-state index contributed by atoms with van der Waals surface area (Å²) in [4.78, 5) is 26.6. The summed E-state index contributed by atoms with van der Waals surface area (Å²) in [6.07, 6.45) is 1.26. The van der Waals surface area contributed by atoms with Crippen molar-refractivity contribution in [2.45, 2.75) is 38.7 Å². The van der Waals surface area contributed by atoms with Gasteiger partial charge in [-0.3, -0.25) is 15.2 Å². The Morgan fingerprint density at radius 1 is 1.31 bits per heavy atom. The summed E-state index contributed by atoms with van der Waals surface area (Å²) < 4.78 is 35.2. The van der Waals surface area contributed by atoms with E-state index < -0.39 is 24.2 Å². The number of anilines is 1. The van der Waals surface area contributed by atoms with Crippen LogP contribution in [0.1, 0.15) is 38.3 Å². The molecule has 3 amide bonds. The average Bonchev–Trinajstić information content (AvgIpc) is 2.71. The minimum absolute atomic E-state index is 0.000242. The highest BCUT2D eigenvalue weighted by molar-refractivity contribution is 6.09. The van der Waals surface area contributed by atoms with Gasteiger partial charge in [-0.15, -0.1) is 0 Å². The molecule has 1 fully saturated rings. The van der Waals surface area contributed by atoms with Crippen molar-refractivity contribution in [2.24, 2.45) is 0 Å². The second-order valence-corrected chi connectivity index (χ2v) is 8.78. The number of rotatable bonds is 3. The van der Waals surface area contributed by atoms with Crippen LogP contribution in [0.4, 0.5) is 24.1 Å². The second-order valence-electron chi connectivity index (χ2n) is 8.78. The molecule has 2 aliphatic rings. The topological polar surface area (TPSA) is 97.8 Å². The fourth-order valence-corrected chi connectivity index (χ4v) is 3.65. The van der Waals surface area contributed by atoms with Gasteiger partial charge in [-0.2, -0.15) is 8.78 Å². The minimum Gasteiger partial charge on any atom is -0.444 e. The number of carbonyl (C=O) groups is 2. The van der Waals surface area contributed by atoms with Crippen molar-refractivity contribution in [3.63, 3.8) is 0 Å². The number of halogens is 2. The van der Waals surface area contributed by atoms with E-state index >= 15 is 0 Å². The van der Waals surface area contributed by atoms with Gasteiger partial charge in [-0.1, -0.05) is 12.1 Å². The van der Waals surface area contributed by atoms with Crippen LogP contribution in [0.15, 0.2) is 24.3 Å². The molecular formula is C22H29F2N5O3. The average molecular weight is 450 g/mol. The third-order valence-electron chi connectivity index (χ3n) is 5.16. The highest BCUT2D eigenvalue weighted by Crippen LogP contribution is 2.38. The van der Waals surface area contributed by atoms with Crippen molar-refractivity contribution in [3.05, 3.63) is 35.4 Å². The lowest BCUT2D eigenvalue weighted by Crippen LogP contribution is -2.49. The second kappa shape index (κ2) is 8.76. The number of carbonyl (C=O) groups excluding carboxylic acids is 2. The lowest BCUT2D eigenvalue weighted by molar-refractivity contribution is -0.0105. The number of nitrogens with one attached hydrogen (secondary N) is 3. The van der Waals surface area contributed by atoms with Crippen LogP contribution < -0.4 is 10.6 Å². The lowest BCUT2D eigenvalue weighted by atomic mass is 9.94. The molecule has 2 aliphatic heterocycles. The minimum atomic E-state index is -3.28. The third kappa shape index (κ3) is 5.00. The third-order valence-corrected chi connectivity index (χ3v) is 5.16. The normalized spacial score (nSPS) is 18.6. The Morgan fingerprint density at radius 2 is 2.03 bits per heavy atom. The zero-order chi connectivity index (χ0) is 23.7. The number of amides is 3. The van der Waals surface area contributed by atoms with E-state index in [0.29, 0.717) is 30.8 Å². The molecule has 2 heterocycles. The molecule has 3 rings (SSSR count). The van der Waals surface area contributed by atoms with Crippen LogP contribution in [0.5, 0.6) is 0 Å². The van der Waals surface area contributed by atoms with Gasteiger partial charge in [-0.25, -0.2) is 9.59 Å². The largest absolute Gasteiger partial charge is 0.444 e. The molecule has 8 nitrogen and oxygen atoms in total. The van der Waals surface area contributed by atoms with Crippen LogP contribution in [-0.2, 0) is 4.74 Å². The molecule has 1 saturated heterocycles. The number of hydrogen-bond acceptors (Lipinski definition) is 5. The Balaban J connectivity index is 1.85. The molecule has 0 aromatic heterocycles. The lowest BCUT2D eigenvalue weighted by Gasteiger charge is -2.34. The first-order chi connectivity index (χ1) is 14.9. The number of hydrogen-bond donors (Lipinski definition) is 3. The molecule has 0 saturated carbocycles. The Hall–Kier alpha value is -3.17. The maximum absolute atomic E-state index is 15.0. The van der Waals surface area contributed by atoms with Gasteiger partial charge in [0.25, 0.3) is 5.92 Å². The number of alkyl halides is 2. The molecule has 0 spiro atoms. The molecule has 32 heavy (non-hydrogen) atoms. The van der Waals surface area contributed by atoms with Crippen LogP contribution >= 0.6 is 0 Å². The van der Waals surface area contributed by atoms with Gasteiger partial charge < -0.3 is 15.4 Å². The van der Waals surface area contributed by atoms with Gasteiger partial charge in [0.15, 0.2) is 0 Å². The molecule has 10 heteroatoms. The van der Waals surface area contributed by atoms with E-state index in [2.05, 4.69) is 10.6 Å². The van der Waals surface area contributed by atoms with Crippen LogP contribution in [-0.4, -0.2) is 72.5 Å². The van der Waals surface area contributed by atoms with Crippen LogP contribution in [0.2, 0.25) is 0 Å². The molecule has 174 valence electrons. The standard InChI is InChI=1S/C22H29F2N5O3/c1-21(2,3)32-20(31)28-11-8-16(22(23,24)13-28)14-6-7-15(17(12-14)26-4)18(25)29-10-5-9-27-19(29)30/h6-8,12,25-26H,5,9-11,13H2,1-4H3,(H,27,30). The van der Waals surface area contributed by atoms with Crippen molar-refractivity contribution in [1.29, 1.82) is 5.41 Å². The van der Waals surface area contributed by atoms with Gasteiger partial charge in [0.05, 0.1) is 6.54 Å². The zero-order valence-electron chi connectivity index (χ0n) is 18.7. The van der Waals surface area contributed by atoms with Gasteiger partial charge >= 0.3 is 12.1 Å². The first kappa shape index (κ1) is 23.5. The number of benzene rings is 1. The SMILES string of the molecule is CNc1cc(C2=CCN(C(=O)OC(C)(C)C)CC2(F)F)ccc1C(=N)N1CCCNC1=O. The highest BCUT2D eigenvalue weighted by Gasteiger charge is 2.42. The molecule has 0 unspecified atom stereocenters. The van der Waals surface area contributed by atoms with E-state index in [1.807, 2.05) is 0 Å². The van der Waals surface area contributed by atoms with Crippen molar-refractivity contribution in [2.75, 3.05) is 38.5 Å². The van der Waals surface area contributed by atoms with E-state index in [0.717, 1.165) is 4.90 Å². The van der Waals surface area contributed by atoms with E-state index in [4.69, 9.17) is 10.1 Å². The van der Waals surface area contributed by atoms with Crippen LogP contribution in [0.25, 0.3) is 5.57 Å². The summed E-state index contributed by atoms with van der Waals surface area (Å²) in [6.45, 7) is 5.23. The van der Waals surface area contributed by atoms with Gasteiger partial charge in [0.2, 0.25) is 0 Å². The van der Waals surface area contributed by atoms with Crippen molar-refractivity contribution in [3.8, 4) is 0 Å². The van der Waals surface area contributed by atoms with Crippen LogP contribution in [0, 0.1) is 5.41 Å². The summed E-state index contributed by atoms with van der Waals surface area (Å²) in [6, 6.07) is 4.25. The molecule has 0 aliphatic carbocycles. The number of nitrogens with zero attached hydrogens (tertiary/aromatic N) is 2. The van der Waals surface area contributed by atoms with Gasteiger partial charge in [-0.05, 0) is 44.9 Å². The smallest absolute Gasteiger partial charge is 0.410 e. The predicted molar refractivity (Wildman–Crippen MR) is 118 cm³/mol. The zero-order valence-corrected chi connectivity index (χ0v) is 18.7. The molecular weight excluding hydrogens is 420 g/mol. The highest BCUT2D eigenvalue weighted by atomic mass is 19.3. The maximum Gasteiger partial charge on any atom is 0.410 e. The number of ether oxygens (including phenoxy) is 1. The maximum atomic E-state index is 15.0. The molecule has 1 aromatic rings.